The van der Waals surface area contributed by atoms with Crippen molar-refractivity contribution in [1.82, 2.24) is 24.8 Å². The first-order valence-corrected chi connectivity index (χ1v) is 9.49. The second-order valence-corrected chi connectivity index (χ2v) is 7.36. The van der Waals surface area contributed by atoms with Crippen molar-refractivity contribution in [2.45, 2.75) is 37.8 Å². The molecule has 3 saturated heterocycles. The summed E-state index contributed by atoms with van der Waals surface area (Å²) in [5, 5.41) is 0.590. The van der Waals surface area contributed by atoms with Crippen LogP contribution < -0.4 is 0 Å². The molecule has 3 aliphatic heterocycles. The summed E-state index contributed by atoms with van der Waals surface area (Å²) >= 11 is 0. The number of hydrogen-bond acceptors (Lipinski definition) is 8. The minimum atomic E-state index is -0.661. The molecule has 10 heteroatoms. The van der Waals surface area contributed by atoms with Crippen LogP contribution in [0, 0.1) is 0 Å². The van der Waals surface area contributed by atoms with E-state index < -0.39 is 17.9 Å². The highest BCUT2D eigenvalue weighted by molar-refractivity contribution is 6.01. The van der Waals surface area contributed by atoms with Gasteiger partial charge in [0.1, 0.15) is 0 Å². The number of amides is 3. The Morgan fingerprint density at radius 2 is 1.89 bits per heavy atom. The standard InChI is InChI=1S/C18H23N5O5/c24-15-1-2-16(25)23(15)28-17(26)22-7-3-18(4-8-22)13-21(9-10-27-18)12-14-11-19-5-6-20-14/h5-6,11H,1-4,7-10,12-13H2. The number of hydrogen-bond donors (Lipinski definition) is 0. The highest BCUT2D eigenvalue weighted by Crippen LogP contribution is 2.31. The van der Waals surface area contributed by atoms with E-state index in [9.17, 15) is 14.4 Å². The Bertz CT molecular complexity index is 734. The third kappa shape index (κ3) is 3.97. The largest absolute Gasteiger partial charge is 0.434 e. The molecule has 0 atom stereocenters. The van der Waals surface area contributed by atoms with Crippen LogP contribution in [0.5, 0.6) is 0 Å². The fourth-order valence-electron chi connectivity index (χ4n) is 3.89. The van der Waals surface area contributed by atoms with Crippen LogP contribution in [0.4, 0.5) is 4.79 Å². The van der Waals surface area contributed by atoms with Crippen molar-refractivity contribution >= 4 is 17.9 Å². The summed E-state index contributed by atoms with van der Waals surface area (Å²) in [4.78, 5) is 52.8. The first kappa shape index (κ1) is 18.8. The number of aromatic nitrogens is 2. The van der Waals surface area contributed by atoms with Crippen LogP contribution in [0.15, 0.2) is 18.6 Å². The van der Waals surface area contributed by atoms with E-state index in [0.717, 1.165) is 18.8 Å². The number of likely N-dealkylation sites (tertiary alicyclic amines) is 1. The summed E-state index contributed by atoms with van der Waals surface area (Å²) < 4.78 is 6.09. The molecule has 1 spiro atoms. The Morgan fingerprint density at radius 1 is 1.14 bits per heavy atom. The third-order valence-corrected chi connectivity index (χ3v) is 5.44. The van der Waals surface area contributed by atoms with E-state index in [1.54, 1.807) is 18.6 Å². The van der Waals surface area contributed by atoms with Gasteiger partial charge in [-0.3, -0.25) is 24.5 Å². The molecule has 1 aromatic rings. The van der Waals surface area contributed by atoms with E-state index in [-0.39, 0.29) is 18.4 Å². The average molecular weight is 389 g/mol. The molecule has 0 aliphatic carbocycles. The monoisotopic (exact) mass is 389 g/mol. The second-order valence-electron chi connectivity index (χ2n) is 7.36. The molecule has 0 N–H and O–H groups in total. The number of piperidine rings is 1. The molecule has 4 rings (SSSR count). The van der Waals surface area contributed by atoms with Gasteiger partial charge in [-0.15, -0.1) is 5.06 Å². The van der Waals surface area contributed by atoms with Crippen molar-refractivity contribution in [1.29, 1.82) is 0 Å². The lowest BCUT2D eigenvalue weighted by Crippen LogP contribution is -2.57. The van der Waals surface area contributed by atoms with Crippen LogP contribution in [0.25, 0.3) is 0 Å². The van der Waals surface area contributed by atoms with Crippen molar-refractivity contribution in [2.75, 3.05) is 32.8 Å². The predicted molar refractivity (Wildman–Crippen MR) is 94.4 cm³/mol. The van der Waals surface area contributed by atoms with Gasteiger partial charge in [-0.2, -0.15) is 0 Å². The summed E-state index contributed by atoms with van der Waals surface area (Å²) in [6.07, 6.45) is 5.96. The zero-order valence-corrected chi connectivity index (χ0v) is 15.6. The minimum absolute atomic E-state index is 0.0880. The van der Waals surface area contributed by atoms with Crippen LogP contribution >= 0.6 is 0 Å². The van der Waals surface area contributed by atoms with E-state index >= 15 is 0 Å². The quantitative estimate of drug-likeness (QED) is 0.682. The summed E-state index contributed by atoms with van der Waals surface area (Å²) in [5.74, 6) is -0.941. The highest BCUT2D eigenvalue weighted by atomic mass is 16.7. The summed E-state index contributed by atoms with van der Waals surface area (Å²) in [7, 11) is 0. The number of morpholine rings is 1. The van der Waals surface area contributed by atoms with Crippen molar-refractivity contribution in [2.24, 2.45) is 0 Å². The summed E-state index contributed by atoms with van der Waals surface area (Å²) in [6, 6.07) is 0. The maximum Gasteiger partial charge on any atom is 0.434 e. The Kier molecular flexibility index (Phi) is 5.23. The van der Waals surface area contributed by atoms with Crippen LogP contribution in [0.1, 0.15) is 31.4 Å². The number of imide groups is 1. The zero-order valence-electron chi connectivity index (χ0n) is 15.6. The first-order chi connectivity index (χ1) is 13.5. The van der Waals surface area contributed by atoms with E-state index in [2.05, 4.69) is 14.9 Å². The number of ether oxygens (including phenoxy) is 1. The molecular formula is C18H23N5O5. The van der Waals surface area contributed by atoms with Crippen LogP contribution in [0.2, 0.25) is 0 Å². The van der Waals surface area contributed by atoms with Crippen molar-refractivity contribution in [3.63, 3.8) is 0 Å². The number of nitrogens with zero attached hydrogens (tertiary/aromatic N) is 5. The van der Waals surface area contributed by atoms with Gasteiger partial charge in [0.05, 0.1) is 17.9 Å². The van der Waals surface area contributed by atoms with Gasteiger partial charge < -0.3 is 14.5 Å². The SMILES string of the molecule is O=C(ON1C(=O)CCC1=O)N1CCC2(CC1)CN(Cc1cnccn1)CCO2. The second kappa shape index (κ2) is 7.80. The van der Waals surface area contributed by atoms with Crippen LogP contribution in [0.3, 0.4) is 0 Å². The molecule has 0 aromatic carbocycles. The smallest absolute Gasteiger partial charge is 0.372 e. The van der Waals surface area contributed by atoms with Gasteiger partial charge in [0.2, 0.25) is 0 Å². The maximum absolute atomic E-state index is 12.3. The molecular weight excluding hydrogens is 366 g/mol. The fraction of sp³-hybridized carbons (Fsp3) is 0.611. The maximum atomic E-state index is 12.3. The summed E-state index contributed by atoms with van der Waals surface area (Å²) in [6.45, 7) is 3.83. The van der Waals surface area contributed by atoms with Gasteiger partial charge in [-0.25, -0.2) is 4.79 Å². The molecule has 1 aromatic heterocycles. The molecule has 0 radical (unpaired) electrons. The van der Waals surface area contributed by atoms with Crippen LogP contribution in [-0.2, 0) is 25.7 Å². The number of carbonyl (C=O) groups excluding carboxylic acids is 3. The van der Waals surface area contributed by atoms with Gasteiger partial charge >= 0.3 is 6.09 Å². The Labute approximate surface area is 162 Å². The highest BCUT2D eigenvalue weighted by Gasteiger charge is 2.42. The summed E-state index contributed by atoms with van der Waals surface area (Å²) in [5.41, 5.74) is 0.608. The minimum Gasteiger partial charge on any atom is -0.372 e. The van der Waals surface area contributed by atoms with Gasteiger partial charge in [0.25, 0.3) is 11.8 Å². The van der Waals surface area contributed by atoms with E-state index in [0.29, 0.717) is 44.1 Å². The lowest BCUT2D eigenvalue weighted by atomic mass is 9.89. The van der Waals surface area contributed by atoms with Crippen molar-refractivity contribution < 1.29 is 24.0 Å². The first-order valence-electron chi connectivity index (χ1n) is 9.49. The molecule has 10 nitrogen and oxygen atoms in total. The van der Waals surface area contributed by atoms with Gasteiger partial charge in [-0.05, 0) is 12.8 Å². The Morgan fingerprint density at radius 3 is 2.57 bits per heavy atom. The molecule has 150 valence electrons. The lowest BCUT2D eigenvalue weighted by Gasteiger charge is -2.47. The van der Waals surface area contributed by atoms with Gasteiger partial charge in [0, 0.05) is 64.2 Å². The number of carbonyl (C=O) groups is 3. The Balaban J connectivity index is 1.30. The third-order valence-electron chi connectivity index (χ3n) is 5.44. The molecule has 0 saturated carbocycles. The molecule has 0 unspecified atom stereocenters. The van der Waals surface area contributed by atoms with Gasteiger partial charge in [-0.1, -0.05) is 0 Å². The zero-order chi connectivity index (χ0) is 19.6. The molecule has 3 fully saturated rings. The lowest BCUT2D eigenvalue weighted by molar-refractivity contribution is -0.176. The topological polar surface area (TPSA) is 105 Å². The molecule has 0 bridgehead atoms. The van der Waals surface area contributed by atoms with E-state index in [1.807, 2.05) is 0 Å². The molecule has 3 amide bonds. The number of rotatable bonds is 3. The van der Waals surface area contributed by atoms with Crippen molar-refractivity contribution in [3.05, 3.63) is 24.3 Å². The predicted octanol–water partition coefficient (Wildman–Crippen LogP) is 0.344. The van der Waals surface area contributed by atoms with Gasteiger partial charge in [0.15, 0.2) is 0 Å². The molecule has 4 heterocycles. The fourth-order valence-corrected chi connectivity index (χ4v) is 3.89. The van der Waals surface area contributed by atoms with E-state index in [1.165, 1.54) is 4.90 Å². The Hall–Kier alpha value is -2.59. The molecule has 28 heavy (non-hydrogen) atoms. The van der Waals surface area contributed by atoms with Crippen molar-refractivity contribution in [3.8, 4) is 0 Å². The number of hydroxylamine groups is 2. The van der Waals surface area contributed by atoms with Crippen LogP contribution in [-0.4, -0.2) is 81.1 Å². The average Bonchev–Trinajstić information content (AvgIpc) is 3.01. The van der Waals surface area contributed by atoms with E-state index in [4.69, 9.17) is 9.57 Å². The molecule has 3 aliphatic rings. The normalized spacial score (nSPS) is 22.7.